The topological polar surface area (TPSA) is 48.0 Å². The summed E-state index contributed by atoms with van der Waals surface area (Å²) in [4.78, 5) is 16.3. The number of hydrogen-bond acceptors (Lipinski definition) is 4. The van der Waals surface area contributed by atoms with Crippen LogP contribution in [-0.4, -0.2) is 23.9 Å². The highest BCUT2D eigenvalue weighted by Gasteiger charge is 2.24. The Kier molecular flexibility index (Phi) is 9.52. The van der Waals surface area contributed by atoms with Crippen LogP contribution in [0.5, 0.6) is 0 Å². The largest absolute Gasteiger partial charge is 0.309 e. The summed E-state index contributed by atoms with van der Waals surface area (Å²) in [6.45, 7) is 0. The van der Waals surface area contributed by atoms with Crippen molar-refractivity contribution < 1.29 is 0 Å². The Labute approximate surface area is 457 Å². The van der Waals surface area contributed by atoms with Gasteiger partial charge >= 0.3 is 0 Å². The quantitative estimate of drug-likeness (QED) is 0.160. The van der Waals surface area contributed by atoms with E-state index in [2.05, 4.69) is 270 Å². The fourth-order valence-electron chi connectivity index (χ4n) is 12.7. The molecule has 0 spiro atoms. The third-order valence-electron chi connectivity index (χ3n) is 16.2. The van der Waals surface area contributed by atoms with Crippen LogP contribution in [0.2, 0.25) is 0 Å². The second-order valence-corrected chi connectivity index (χ2v) is 21.8. The van der Waals surface area contributed by atoms with Crippen LogP contribution >= 0.6 is 11.3 Å². The lowest BCUT2D eigenvalue weighted by atomic mass is 9.94. The van der Waals surface area contributed by atoms with Gasteiger partial charge in [0.2, 0.25) is 0 Å². The molecule has 6 heteroatoms. The lowest BCUT2D eigenvalue weighted by molar-refractivity contribution is 1.07. The van der Waals surface area contributed by atoms with Gasteiger partial charge in [0, 0.05) is 69.5 Å². The van der Waals surface area contributed by atoms with Crippen molar-refractivity contribution in [3.63, 3.8) is 0 Å². The van der Waals surface area contributed by atoms with E-state index in [0.717, 1.165) is 72.0 Å². The maximum atomic E-state index is 5.46. The van der Waals surface area contributed by atoms with Gasteiger partial charge in [-0.15, -0.1) is 11.3 Å². The van der Waals surface area contributed by atoms with E-state index in [4.69, 9.17) is 15.0 Å². The Morgan fingerprint density at radius 2 is 0.797 bits per heavy atom. The van der Waals surface area contributed by atoms with Crippen LogP contribution in [0.25, 0.3) is 164 Å². The van der Waals surface area contributed by atoms with E-state index < -0.39 is 0 Å². The summed E-state index contributed by atoms with van der Waals surface area (Å²) in [6.07, 6.45) is 0. The van der Waals surface area contributed by atoms with E-state index in [1.54, 1.807) is 0 Å². The number of hydrogen-bond donors (Lipinski definition) is 0. The Bertz CT molecular complexity index is 5250. The SMILES string of the molecule is c1ccc(-c2cc(-c3ccccc3)cc(-c3nc(-c4ccc5ccc(-c6cc7sc8cccc9c%10ccccc%10n%10c%11ccccc%11c6c%10c7c89)cc5c4)nc(-c4ccc5c6ccccc6n(-c6ccccc6)c5c4)n3)c2)cc1. The fraction of sp³-hybridized carbons (Fsp3) is 0. The molecule has 0 amide bonds. The highest BCUT2D eigenvalue weighted by atomic mass is 32.1. The second kappa shape index (κ2) is 17.1. The predicted octanol–water partition coefficient (Wildman–Crippen LogP) is 19.6. The van der Waals surface area contributed by atoms with E-state index in [1.165, 1.54) is 74.6 Å². The zero-order valence-electron chi connectivity index (χ0n) is 42.5. The molecule has 0 N–H and O–H groups in total. The average molecular weight is 1020 g/mol. The number of benzene rings is 12. The molecule has 0 aliphatic rings. The Morgan fingerprint density at radius 1 is 0.278 bits per heavy atom. The van der Waals surface area contributed by atoms with E-state index in [0.29, 0.717) is 17.5 Å². The highest BCUT2D eigenvalue weighted by molar-refractivity contribution is 7.26. The van der Waals surface area contributed by atoms with Crippen molar-refractivity contribution in [2.45, 2.75) is 0 Å². The number of para-hydroxylation sites is 4. The van der Waals surface area contributed by atoms with Crippen LogP contribution in [0, 0.1) is 0 Å². The number of thiophene rings is 1. The van der Waals surface area contributed by atoms with Gasteiger partial charge < -0.3 is 8.97 Å². The molecule has 79 heavy (non-hydrogen) atoms. The predicted molar refractivity (Wildman–Crippen MR) is 332 cm³/mol. The van der Waals surface area contributed by atoms with E-state index in [9.17, 15) is 0 Å². The average Bonchev–Trinajstić information content (AvgIpc) is 3.95. The Hall–Kier alpha value is -10.3. The van der Waals surface area contributed by atoms with Crippen LogP contribution in [0.3, 0.4) is 0 Å². The van der Waals surface area contributed by atoms with Gasteiger partial charge in [-0.3, -0.25) is 0 Å². The van der Waals surface area contributed by atoms with Gasteiger partial charge in [0.15, 0.2) is 17.5 Å². The molecule has 0 saturated carbocycles. The molecule has 17 aromatic rings. The van der Waals surface area contributed by atoms with Crippen molar-refractivity contribution in [3.8, 4) is 73.2 Å². The molecule has 17 rings (SSSR count). The molecule has 5 heterocycles. The minimum Gasteiger partial charge on any atom is -0.309 e. The smallest absolute Gasteiger partial charge is 0.164 e. The van der Waals surface area contributed by atoms with Gasteiger partial charge in [0.25, 0.3) is 0 Å². The molecular formula is C73H43N5S. The maximum absolute atomic E-state index is 5.46. The summed E-state index contributed by atoms with van der Waals surface area (Å²) in [6, 6.07) is 94.4. The number of rotatable bonds is 7. The molecule has 366 valence electrons. The second-order valence-electron chi connectivity index (χ2n) is 20.7. The van der Waals surface area contributed by atoms with Gasteiger partial charge in [-0.05, 0) is 128 Å². The molecule has 5 aromatic heterocycles. The number of fused-ring (bicyclic) bond motifs is 10. The lowest BCUT2D eigenvalue weighted by Gasteiger charge is -2.13. The monoisotopic (exact) mass is 1020 g/mol. The first kappa shape index (κ1) is 43.9. The minimum atomic E-state index is 0.601. The van der Waals surface area contributed by atoms with Gasteiger partial charge in [-0.2, -0.15) is 0 Å². The minimum absolute atomic E-state index is 0.601. The van der Waals surface area contributed by atoms with Crippen LogP contribution in [0.15, 0.2) is 261 Å². The van der Waals surface area contributed by atoms with E-state index >= 15 is 0 Å². The summed E-state index contributed by atoms with van der Waals surface area (Å²) in [5, 5.41) is 12.3. The first-order chi connectivity index (χ1) is 39.1. The van der Waals surface area contributed by atoms with Crippen LogP contribution in [0.4, 0.5) is 0 Å². The summed E-state index contributed by atoms with van der Waals surface area (Å²) >= 11 is 1.89. The van der Waals surface area contributed by atoms with Crippen LogP contribution < -0.4 is 0 Å². The van der Waals surface area contributed by atoms with E-state index in [1.807, 2.05) is 11.3 Å². The van der Waals surface area contributed by atoms with Gasteiger partial charge in [0.1, 0.15) is 0 Å². The van der Waals surface area contributed by atoms with Crippen molar-refractivity contribution in [1.82, 2.24) is 23.9 Å². The van der Waals surface area contributed by atoms with Crippen molar-refractivity contribution in [3.05, 3.63) is 261 Å². The van der Waals surface area contributed by atoms with Crippen molar-refractivity contribution in [2.75, 3.05) is 0 Å². The molecule has 0 aliphatic heterocycles. The van der Waals surface area contributed by atoms with E-state index in [-0.39, 0.29) is 0 Å². The maximum Gasteiger partial charge on any atom is 0.164 e. The van der Waals surface area contributed by atoms with Gasteiger partial charge in [0.05, 0.1) is 27.6 Å². The third kappa shape index (κ3) is 6.78. The first-order valence-electron chi connectivity index (χ1n) is 26.8. The van der Waals surface area contributed by atoms with Gasteiger partial charge in [-0.1, -0.05) is 182 Å². The normalized spacial score (nSPS) is 12.1. The molecule has 0 radical (unpaired) electrons. The molecule has 0 atom stereocenters. The summed E-state index contributed by atoms with van der Waals surface area (Å²) in [5.41, 5.74) is 16.5. The van der Waals surface area contributed by atoms with Crippen LogP contribution in [-0.2, 0) is 0 Å². The van der Waals surface area contributed by atoms with Crippen molar-refractivity contribution >= 4 is 102 Å². The molecular weight excluding hydrogens is 979 g/mol. The highest BCUT2D eigenvalue weighted by Crippen LogP contribution is 2.50. The molecule has 0 aliphatic carbocycles. The molecule has 0 bridgehead atoms. The van der Waals surface area contributed by atoms with Crippen LogP contribution in [0.1, 0.15) is 0 Å². The first-order valence-corrected chi connectivity index (χ1v) is 27.6. The molecule has 0 unspecified atom stereocenters. The lowest BCUT2D eigenvalue weighted by Crippen LogP contribution is -2.01. The summed E-state index contributed by atoms with van der Waals surface area (Å²) < 4.78 is 7.47. The van der Waals surface area contributed by atoms with Gasteiger partial charge in [-0.25, -0.2) is 15.0 Å². The Morgan fingerprint density at radius 3 is 1.51 bits per heavy atom. The zero-order chi connectivity index (χ0) is 51.7. The standard InChI is InChI=1S/C73H43N5S/c1-4-17-44(18-5-1)51-39-52(45-19-6-2-7-20-45)41-53(40-51)73-75-71(74-72(76-73)49-35-36-57-55-23-10-13-27-61(55)77(64(57)42-49)54-21-8-3-9-22-54)48-34-32-46-31-33-47(37-50(46)38-48)60-43-66-69-68-58(26-16-30-65(68)79-66)56-24-11-14-28-62(56)78-63-29-15-12-25-59(63)67(60)70(69)78/h1-43H. The fourth-order valence-corrected chi connectivity index (χ4v) is 13.9. The molecule has 12 aromatic carbocycles. The third-order valence-corrected chi connectivity index (χ3v) is 17.3. The zero-order valence-corrected chi connectivity index (χ0v) is 43.3. The Balaban J connectivity index is 0.891. The van der Waals surface area contributed by atoms with Crippen molar-refractivity contribution in [2.24, 2.45) is 0 Å². The number of nitrogens with zero attached hydrogens (tertiary/aromatic N) is 5. The number of aromatic nitrogens is 5. The summed E-state index contributed by atoms with van der Waals surface area (Å²) in [7, 11) is 0. The summed E-state index contributed by atoms with van der Waals surface area (Å²) in [5.74, 6) is 1.81. The molecule has 5 nitrogen and oxygen atoms in total. The molecule has 0 saturated heterocycles. The van der Waals surface area contributed by atoms with Crippen molar-refractivity contribution in [1.29, 1.82) is 0 Å². The molecule has 0 fully saturated rings.